The SMILES string of the molecule is CC(C)(C)OC(=O)N1CC[C@H](n2ccc([N+](=O)[O-])n2)C1. The van der Waals surface area contributed by atoms with Crippen molar-refractivity contribution in [3.8, 4) is 0 Å². The van der Waals surface area contributed by atoms with Crippen molar-refractivity contribution in [1.82, 2.24) is 14.7 Å². The zero-order valence-electron chi connectivity index (χ0n) is 11.8. The number of aromatic nitrogens is 2. The van der Waals surface area contributed by atoms with Gasteiger partial charge in [-0.2, -0.15) is 4.68 Å². The van der Waals surface area contributed by atoms with Crippen LogP contribution in [0.2, 0.25) is 0 Å². The Hall–Kier alpha value is -2.12. The van der Waals surface area contributed by atoms with E-state index in [0.29, 0.717) is 19.5 Å². The van der Waals surface area contributed by atoms with Crippen LogP contribution in [0.25, 0.3) is 0 Å². The summed E-state index contributed by atoms with van der Waals surface area (Å²) in [5.41, 5.74) is -0.528. The minimum Gasteiger partial charge on any atom is -0.444 e. The predicted octanol–water partition coefficient (Wildman–Crippen LogP) is 1.97. The molecule has 1 atom stereocenters. The highest BCUT2D eigenvalue weighted by molar-refractivity contribution is 5.68. The summed E-state index contributed by atoms with van der Waals surface area (Å²) in [7, 11) is 0. The van der Waals surface area contributed by atoms with Crippen molar-refractivity contribution in [2.45, 2.75) is 38.8 Å². The maximum atomic E-state index is 11.9. The highest BCUT2D eigenvalue weighted by Gasteiger charge is 2.32. The second-order valence-corrected chi connectivity index (χ2v) is 5.78. The third kappa shape index (κ3) is 3.25. The fourth-order valence-electron chi connectivity index (χ4n) is 2.08. The molecule has 1 aliphatic heterocycles. The molecule has 8 nitrogen and oxygen atoms in total. The van der Waals surface area contributed by atoms with Crippen molar-refractivity contribution in [2.24, 2.45) is 0 Å². The molecule has 2 heterocycles. The Morgan fingerprint density at radius 2 is 2.25 bits per heavy atom. The number of hydrogen-bond acceptors (Lipinski definition) is 5. The molecular weight excluding hydrogens is 264 g/mol. The first-order chi connectivity index (χ1) is 9.26. The fraction of sp³-hybridized carbons (Fsp3) is 0.667. The van der Waals surface area contributed by atoms with Crippen LogP contribution >= 0.6 is 0 Å². The monoisotopic (exact) mass is 282 g/mol. The van der Waals surface area contributed by atoms with Gasteiger partial charge in [-0.1, -0.05) is 0 Å². The number of carbonyl (C=O) groups is 1. The van der Waals surface area contributed by atoms with Gasteiger partial charge in [-0.15, -0.1) is 0 Å². The zero-order valence-corrected chi connectivity index (χ0v) is 11.8. The molecule has 1 aliphatic rings. The van der Waals surface area contributed by atoms with Gasteiger partial charge in [0.15, 0.2) is 0 Å². The molecule has 0 saturated carbocycles. The number of ether oxygens (including phenoxy) is 1. The van der Waals surface area contributed by atoms with Gasteiger partial charge >= 0.3 is 11.9 Å². The van der Waals surface area contributed by atoms with E-state index in [-0.39, 0.29) is 18.0 Å². The topological polar surface area (TPSA) is 90.5 Å². The average Bonchev–Trinajstić information content (AvgIpc) is 2.95. The molecule has 1 fully saturated rings. The molecule has 8 heteroatoms. The molecule has 0 unspecified atom stereocenters. The summed E-state index contributed by atoms with van der Waals surface area (Å²) in [6.45, 7) is 6.46. The van der Waals surface area contributed by atoms with Crippen LogP contribution < -0.4 is 0 Å². The first kappa shape index (κ1) is 14.3. The summed E-state index contributed by atoms with van der Waals surface area (Å²) >= 11 is 0. The highest BCUT2D eigenvalue weighted by atomic mass is 16.6. The smallest absolute Gasteiger partial charge is 0.410 e. The van der Waals surface area contributed by atoms with E-state index in [1.54, 1.807) is 15.8 Å². The Labute approximate surface area is 116 Å². The van der Waals surface area contributed by atoms with Gasteiger partial charge in [-0.05, 0) is 32.1 Å². The lowest BCUT2D eigenvalue weighted by atomic mass is 10.2. The van der Waals surface area contributed by atoms with Crippen molar-refractivity contribution in [2.75, 3.05) is 13.1 Å². The summed E-state index contributed by atoms with van der Waals surface area (Å²) in [5, 5.41) is 14.5. The van der Waals surface area contributed by atoms with Gasteiger partial charge in [0, 0.05) is 13.1 Å². The summed E-state index contributed by atoms with van der Waals surface area (Å²) in [4.78, 5) is 23.6. The van der Waals surface area contributed by atoms with Crippen LogP contribution in [0.1, 0.15) is 33.2 Å². The van der Waals surface area contributed by atoms with Gasteiger partial charge in [-0.3, -0.25) is 0 Å². The number of rotatable bonds is 2. The number of nitro groups is 1. The van der Waals surface area contributed by atoms with Crippen molar-refractivity contribution in [3.63, 3.8) is 0 Å². The van der Waals surface area contributed by atoms with Gasteiger partial charge in [0.25, 0.3) is 0 Å². The lowest BCUT2D eigenvalue weighted by Crippen LogP contribution is -2.35. The second-order valence-electron chi connectivity index (χ2n) is 5.78. The minimum atomic E-state index is -0.531. The molecule has 0 aliphatic carbocycles. The normalized spacial score (nSPS) is 19.1. The van der Waals surface area contributed by atoms with E-state index >= 15 is 0 Å². The highest BCUT2D eigenvalue weighted by Crippen LogP contribution is 2.24. The standard InChI is InChI=1S/C12H18N4O4/c1-12(2,3)20-11(17)14-6-4-9(8-14)15-7-5-10(13-15)16(18)19/h5,7,9H,4,6,8H2,1-3H3/t9-/m0/s1. The second kappa shape index (κ2) is 5.10. The van der Waals surface area contributed by atoms with Crippen molar-refractivity contribution >= 4 is 11.9 Å². The Kier molecular flexibility index (Phi) is 3.65. The summed E-state index contributed by atoms with van der Waals surface area (Å²) < 4.78 is 6.84. The third-order valence-corrected chi connectivity index (χ3v) is 2.97. The minimum absolute atomic E-state index is 0.0452. The van der Waals surface area contributed by atoms with E-state index in [4.69, 9.17) is 4.74 Å². The van der Waals surface area contributed by atoms with Gasteiger partial charge in [-0.25, -0.2) is 4.79 Å². The van der Waals surface area contributed by atoms with E-state index in [1.807, 2.05) is 20.8 Å². The zero-order chi connectivity index (χ0) is 14.9. The molecule has 2 rings (SSSR count). The molecule has 1 aromatic rings. The predicted molar refractivity (Wildman–Crippen MR) is 70.3 cm³/mol. The molecule has 1 aromatic heterocycles. The summed E-state index contributed by atoms with van der Waals surface area (Å²) in [6, 6.07) is 1.31. The van der Waals surface area contributed by atoms with Crippen molar-refractivity contribution in [1.29, 1.82) is 0 Å². The van der Waals surface area contributed by atoms with Crippen LogP contribution in [0.5, 0.6) is 0 Å². The largest absolute Gasteiger partial charge is 0.444 e. The maximum Gasteiger partial charge on any atom is 0.410 e. The van der Waals surface area contributed by atoms with Crippen LogP contribution in [0.4, 0.5) is 10.6 Å². The molecule has 0 bridgehead atoms. The number of amides is 1. The fourth-order valence-corrected chi connectivity index (χ4v) is 2.08. The lowest BCUT2D eigenvalue weighted by molar-refractivity contribution is -0.389. The molecule has 110 valence electrons. The number of hydrogen-bond donors (Lipinski definition) is 0. The van der Waals surface area contributed by atoms with Crippen molar-refractivity contribution in [3.05, 3.63) is 22.4 Å². The van der Waals surface area contributed by atoms with Gasteiger partial charge in [0.2, 0.25) is 0 Å². The molecule has 0 spiro atoms. The van der Waals surface area contributed by atoms with E-state index in [0.717, 1.165) is 0 Å². The van der Waals surface area contributed by atoms with E-state index < -0.39 is 10.5 Å². The van der Waals surface area contributed by atoms with Gasteiger partial charge in [0.05, 0.1) is 23.4 Å². The van der Waals surface area contributed by atoms with Crippen LogP contribution in [0.3, 0.4) is 0 Å². The van der Waals surface area contributed by atoms with Gasteiger partial charge < -0.3 is 19.8 Å². The Morgan fingerprint density at radius 1 is 1.55 bits per heavy atom. The summed E-state index contributed by atoms with van der Waals surface area (Å²) in [5.74, 6) is -0.180. The van der Waals surface area contributed by atoms with Gasteiger partial charge in [0.1, 0.15) is 5.60 Å². The first-order valence-corrected chi connectivity index (χ1v) is 6.44. The van der Waals surface area contributed by atoms with E-state index in [2.05, 4.69) is 5.10 Å². The average molecular weight is 282 g/mol. The molecule has 0 N–H and O–H groups in total. The molecule has 1 saturated heterocycles. The molecule has 20 heavy (non-hydrogen) atoms. The summed E-state index contributed by atoms with van der Waals surface area (Å²) in [6.07, 6.45) is 1.92. The lowest BCUT2D eigenvalue weighted by Gasteiger charge is -2.24. The maximum absolute atomic E-state index is 11.9. The number of likely N-dealkylation sites (tertiary alicyclic amines) is 1. The van der Waals surface area contributed by atoms with Crippen LogP contribution in [-0.4, -0.2) is 44.4 Å². The molecule has 0 aromatic carbocycles. The van der Waals surface area contributed by atoms with Crippen LogP contribution in [0, 0.1) is 10.1 Å². The van der Waals surface area contributed by atoms with Crippen LogP contribution in [0.15, 0.2) is 12.3 Å². The molecule has 1 amide bonds. The third-order valence-electron chi connectivity index (χ3n) is 2.97. The quantitative estimate of drug-likeness (QED) is 0.611. The van der Waals surface area contributed by atoms with E-state index in [1.165, 1.54) is 6.07 Å². The number of nitrogens with zero attached hydrogens (tertiary/aromatic N) is 4. The Bertz CT molecular complexity index is 520. The van der Waals surface area contributed by atoms with Crippen LogP contribution in [-0.2, 0) is 4.74 Å². The first-order valence-electron chi connectivity index (χ1n) is 6.44. The molecular formula is C12H18N4O4. The molecule has 0 radical (unpaired) electrons. The van der Waals surface area contributed by atoms with Crippen molar-refractivity contribution < 1.29 is 14.5 Å². The van der Waals surface area contributed by atoms with E-state index in [9.17, 15) is 14.9 Å². The Morgan fingerprint density at radius 3 is 2.80 bits per heavy atom. The Balaban J connectivity index is 1.98. The number of carbonyl (C=O) groups excluding carboxylic acids is 1.